The molecule has 0 nitrogen and oxygen atoms in total. The average Bonchev–Trinajstić information content (AvgIpc) is 2.21. The molecule has 0 fully saturated rings. The van der Waals surface area contributed by atoms with Crippen LogP contribution in [0.2, 0.25) is 0 Å². The lowest BCUT2D eigenvalue weighted by Gasteiger charge is -2.13. The van der Waals surface area contributed by atoms with Crippen LogP contribution in [0, 0.1) is 11.8 Å². The fourth-order valence-corrected chi connectivity index (χ4v) is 1.68. The van der Waals surface area contributed by atoms with Gasteiger partial charge >= 0.3 is 0 Å². The van der Waals surface area contributed by atoms with E-state index in [9.17, 15) is 0 Å². The van der Waals surface area contributed by atoms with E-state index in [1.165, 1.54) is 11.1 Å². The molecule has 1 aliphatic rings. The molecule has 0 unspecified atom stereocenters. The second-order valence-electron chi connectivity index (χ2n) is 3.84. The summed E-state index contributed by atoms with van der Waals surface area (Å²) in [7, 11) is 0. The number of hydrogen-bond donors (Lipinski definition) is 0. The summed E-state index contributed by atoms with van der Waals surface area (Å²) >= 11 is 0. The van der Waals surface area contributed by atoms with Crippen LogP contribution in [0.5, 0.6) is 0 Å². The molecule has 0 aliphatic heterocycles. The first-order valence-corrected chi connectivity index (χ1v) is 4.03. The summed E-state index contributed by atoms with van der Waals surface area (Å²) in [4.78, 5) is 0. The van der Waals surface area contributed by atoms with Crippen molar-refractivity contribution >= 4 is 0 Å². The van der Waals surface area contributed by atoms with Crippen LogP contribution in [0.15, 0.2) is 24.3 Å². The molecular formula is C11H12. The van der Waals surface area contributed by atoms with Gasteiger partial charge in [0.1, 0.15) is 0 Å². The highest BCUT2D eigenvalue weighted by molar-refractivity contribution is 5.40. The molecule has 0 heteroatoms. The minimum absolute atomic E-state index is 0.254. The van der Waals surface area contributed by atoms with Crippen molar-refractivity contribution in [2.45, 2.75) is 20.3 Å². The van der Waals surface area contributed by atoms with Gasteiger partial charge in [0.15, 0.2) is 0 Å². The predicted octanol–water partition coefficient (Wildman–Crippen LogP) is 2.70. The van der Waals surface area contributed by atoms with Crippen LogP contribution >= 0.6 is 0 Å². The summed E-state index contributed by atoms with van der Waals surface area (Å²) in [6.45, 7) is 4.46. The van der Waals surface area contributed by atoms with Crippen LogP contribution < -0.4 is 0 Å². The fourth-order valence-electron chi connectivity index (χ4n) is 1.68. The summed E-state index contributed by atoms with van der Waals surface area (Å²) in [5, 5.41) is 0. The monoisotopic (exact) mass is 144 g/mol. The van der Waals surface area contributed by atoms with Crippen molar-refractivity contribution in [1.82, 2.24) is 0 Å². The molecule has 56 valence electrons. The number of benzene rings is 1. The summed E-state index contributed by atoms with van der Waals surface area (Å²) in [5.41, 5.74) is 3.00. The Morgan fingerprint density at radius 1 is 1.27 bits per heavy atom. The molecule has 2 rings (SSSR count). The van der Waals surface area contributed by atoms with E-state index in [0.717, 1.165) is 6.42 Å². The van der Waals surface area contributed by atoms with Crippen molar-refractivity contribution in [3.8, 4) is 0 Å². The van der Waals surface area contributed by atoms with Crippen molar-refractivity contribution in [2.24, 2.45) is 5.41 Å². The van der Waals surface area contributed by atoms with Gasteiger partial charge in [-0.3, -0.25) is 0 Å². The van der Waals surface area contributed by atoms with Gasteiger partial charge in [-0.1, -0.05) is 38.1 Å². The largest absolute Gasteiger partial charge is 0.0620 e. The lowest BCUT2D eigenvalue weighted by molar-refractivity contribution is 0.471. The second kappa shape index (κ2) is 2.10. The van der Waals surface area contributed by atoms with E-state index in [1.807, 2.05) is 0 Å². The Morgan fingerprint density at radius 2 is 2.00 bits per heavy atom. The molecule has 0 saturated heterocycles. The Hall–Kier alpha value is -0.780. The maximum absolute atomic E-state index is 3.47. The molecule has 0 amide bonds. The first-order valence-electron chi connectivity index (χ1n) is 4.03. The highest BCUT2D eigenvalue weighted by Crippen LogP contribution is 2.37. The van der Waals surface area contributed by atoms with Crippen LogP contribution in [-0.4, -0.2) is 0 Å². The molecule has 2 radical (unpaired) electrons. The smallest absolute Gasteiger partial charge is 0.0232 e. The summed E-state index contributed by atoms with van der Waals surface area (Å²) in [6, 6.07) is 8.51. The Bertz CT molecular complexity index is 244. The van der Waals surface area contributed by atoms with Gasteiger partial charge in [0.05, 0.1) is 0 Å². The maximum atomic E-state index is 3.47. The van der Waals surface area contributed by atoms with E-state index in [4.69, 9.17) is 0 Å². The van der Waals surface area contributed by atoms with Crippen LogP contribution in [-0.2, 0) is 6.42 Å². The molecule has 0 bridgehead atoms. The maximum Gasteiger partial charge on any atom is 0.0232 e. The van der Waals surface area contributed by atoms with Crippen LogP contribution in [0.4, 0.5) is 0 Å². The quantitative estimate of drug-likeness (QED) is 0.525. The Labute approximate surface area is 68.3 Å². The van der Waals surface area contributed by atoms with E-state index in [0.29, 0.717) is 0 Å². The van der Waals surface area contributed by atoms with Gasteiger partial charge < -0.3 is 0 Å². The summed E-state index contributed by atoms with van der Waals surface area (Å²) < 4.78 is 0. The third kappa shape index (κ3) is 1.18. The summed E-state index contributed by atoms with van der Waals surface area (Å²) in [5.74, 6) is 0. The van der Waals surface area contributed by atoms with Crippen molar-refractivity contribution in [3.05, 3.63) is 41.8 Å². The Morgan fingerprint density at radius 3 is 2.73 bits per heavy atom. The van der Waals surface area contributed by atoms with Gasteiger partial charge in [-0.2, -0.15) is 0 Å². The molecule has 0 atom stereocenters. The highest BCUT2D eigenvalue weighted by atomic mass is 14.3. The number of hydrogen-bond acceptors (Lipinski definition) is 0. The van der Waals surface area contributed by atoms with Gasteiger partial charge in [-0.25, -0.2) is 0 Å². The molecule has 0 saturated carbocycles. The molecule has 1 aromatic rings. The molecular weight excluding hydrogens is 132 g/mol. The van der Waals surface area contributed by atoms with E-state index < -0.39 is 0 Å². The van der Waals surface area contributed by atoms with Crippen molar-refractivity contribution in [3.63, 3.8) is 0 Å². The lowest BCUT2D eigenvalue weighted by atomic mass is 9.90. The molecule has 0 heterocycles. The third-order valence-corrected chi connectivity index (χ3v) is 2.12. The lowest BCUT2D eigenvalue weighted by Crippen LogP contribution is -2.07. The zero-order chi connectivity index (χ0) is 7.90. The van der Waals surface area contributed by atoms with Gasteiger partial charge in [0.2, 0.25) is 0 Å². The zero-order valence-corrected chi connectivity index (χ0v) is 7.02. The summed E-state index contributed by atoms with van der Waals surface area (Å²) in [6.07, 6.45) is 4.62. The first kappa shape index (κ1) is 6.90. The molecule has 1 aromatic carbocycles. The predicted molar refractivity (Wildman–Crippen MR) is 46.3 cm³/mol. The molecule has 0 N–H and O–H groups in total. The van der Waals surface area contributed by atoms with Gasteiger partial charge in [-0.15, -0.1) is 0 Å². The van der Waals surface area contributed by atoms with E-state index in [1.54, 1.807) is 0 Å². The fraction of sp³-hybridized carbons (Fsp3) is 0.364. The second-order valence-corrected chi connectivity index (χ2v) is 3.84. The van der Waals surface area contributed by atoms with Gasteiger partial charge in [0, 0.05) is 6.42 Å². The first-order chi connectivity index (χ1) is 5.17. The van der Waals surface area contributed by atoms with Crippen LogP contribution in [0.25, 0.3) is 0 Å². The van der Waals surface area contributed by atoms with Gasteiger partial charge in [0.25, 0.3) is 0 Å². The van der Waals surface area contributed by atoms with Gasteiger partial charge in [-0.05, 0) is 23.0 Å². The van der Waals surface area contributed by atoms with Crippen molar-refractivity contribution < 1.29 is 0 Å². The number of rotatable bonds is 0. The topological polar surface area (TPSA) is 0 Å². The van der Waals surface area contributed by atoms with E-state index in [-0.39, 0.29) is 5.41 Å². The minimum atomic E-state index is 0.254. The Kier molecular flexibility index (Phi) is 1.32. The van der Waals surface area contributed by atoms with Crippen molar-refractivity contribution in [1.29, 1.82) is 0 Å². The minimum Gasteiger partial charge on any atom is -0.0620 e. The third-order valence-electron chi connectivity index (χ3n) is 2.12. The molecule has 11 heavy (non-hydrogen) atoms. The van der Waals surface area contributed by atoms with E-state index in [2.05, 4.69) is 44.5 Å². The van der Waals surface area contributed by atoms with E-state index >= 15 is 0 Å². The number of fused-ring (bicyclic) bond motifs is 1. The molecule has 0 aromatic heterocycles. The van der Waals surface area contributed by atoms with Crippen LogP contribution in [0.3, 0.4) is 0 Å². The Balaban J connectivity index is 2.41. The molecule has 1 aliphatic carbocycles. The normalized spacial score (nSPS) is 19.8. The standard InChI is InChI=1S/C11H12/c1-11(2)7-9-5-3-4-6-10(9)8-11/h3-6H,7H2,1-2H3. The SMILES string of the molecule is CC1(C)[C]c2ccccc2C1. The highest BCUT2D eigenvalue weighted by Gasteiger charge is 2.28. The van der Waals surface area contributed by atoms with Crippen molar-refractivity contribution in [2.75, 3.05) is 0 Å². The van der Waals surface area contributed by atoms with Crippen LogP contribution in [0.1, 0.15) is 25.0 Å². The average molecular weight is 144 g/mol. The zero-order valence-electron chi connectivity index (χ0n) is 7.02. The molecule has 0 spiro atoms.